The molecule has 82 valence electrons. The third kappa shape index (κ3) is 3.53. The average Bonchev–Trinajstić information content (AvgIpc) is 2.27. The van der Waals surface area contributed by atoms with Crippen LogP contribution < -0.4 is 5.73 Å². The van der Waals surface area contributed by atoms with Gasteiger partial charge in [0.2, 0.25) is 0 Å². The van der Waals surface area contributed by atoms with E-state index in [1.807, 2.05) is 18.2 Å². The van der Waals surface area contributed by atoms with Crippen LogP contribution in [0.25, 0.3) is 0 Å². The molecular weight excluding hydrogens is 212 g/mol. The summed E-state index contributed by atoms with van der Waals surface area (Å²) in [6.07, 6.45) is 1.70. The number of carbonyl (C=O) groups is 1. The van der Waals surface area contributed by atoms with Gasteiger partial charge >= 0.3 is 5.97 Å². The van der Waals surface area contributed by atoms with Gasteiger partial charge in [-0.05, 0) is 19.1 Å². The third-order valence-corrected chi connectivity index (χ3v) is 3.09. The number of aromatic nitrogens is 1. The summed E-state index contributed by atoms with van der Waals surface area (Å²) < 4.78 is 4.61. The lowest BCUT2D eigenvalue weighted by Crippen LogP contribution is -2.48. The van der Waals surface area contributed by atoms with E-state index in [2.05, 4.69) is 9.72 Å². The third-order valence-electron chi connectivity index (χ3n) is 1.81. The number of hydrogen-bond acceptors (Lipinski definition) is 5. The van der Waals surface area contributed by atoms with E-state index in [9.17, 15) is 4.79 Å². The van der Waals surface area contributed by atoms with Crippen LogP contribution in [0.1, 0.15) is 6.92 Å². The van der Waals surface area contributed by atoms with Gasteiger partial charge in [-0.1, -0.05) is 6.07 Å². The summed E-state index contributed by atoms with van der Waals surface area (Å²) >= 11 is 1.43. The number of rotatable bonds is 4. The van der Waals surface area contributed by atoms with Crippen molar-refractivity contribution in [3.8, 4) is 0 Å². The van der Waals surface area contributed by atoms with Gasteiger partial charge in [0.15, 0.2) is 0 Å². The van der Waals surface area contributed by atoms with Crippen LogP contribution in [-0.2, 0) is 9.53 Å². The minimum atomic E-state index is -0.975. The molecule has 0 aliphatic heterocycles. The van der Waals surface area contributed by atoms with E-state index in [1.165, 1.54) is 18.9 Å². The highest BCUT2D eigenvalue weighted by molar-refractivity contribution is 7.99. The Kier molecular flexibility index (Phi) is 4.11. The van der Waals surface area contributed by atoms with E-state index >= 15 is 0 Å². The van der Waals surface area contributed by atoms with Crippen molar-refractivity contribution in [2.24, 2.45) is 5.73 Å². The van der Waals surface area contributed by atoms with Gasteiger partial charge in [0.25, 0.3) is 0 Å². The van der Waals surface area contributed by atoms with Gasteiger partial charge in [-0.2, -0.15) is 0 Å². The molecule has 1 rings (SSSR count). The van der Waals surface area contributed by atoms with Crippen molar-refractivity contribution in [2.45, 2.75) is 17.5 Å². The van der Waals surface area contributed by atoms with Crippen LogP contribution in [0.4, 0.5) is 0 Å². The molecule has 5 heteroatoms. The van der Waals surface area contributed by atoms with E-state index in [0.717, 1.165) is 5.03 Å². The SMILES string of the molecule is COC(=O)C(C)(N)CSc1ccccn1. The van der Waals surface area contributed by atoms with Crippen molar-refractivity contribution in [1.82, 2.24) is 4.98 Å². The quantitative estimate of drug-likeness (QED) is 0.614. The van der Waals surface area contributed by atoms with Gasteiger partial charge < -0.3 is 10.5 Å². The molecule has 2 N–H and O–H groups in total. The maximum absolute atomic E-state index is 11.3. The zero-order valence-electron chi connectivity index (χ0n) is 8.77. The second-order valence-electron chi connectivity index (χ2n) is 3.37. The summed E-state index contributed by atoms with van der Waals surface area (Å²) in [5.74, 6) is 0.0300. The van der Waals surface area contributed by atoms with Gasteiger partial charge in [-0.25, -0.2) is 4.98 Å². The molecule has 1 heterocycles. The topological polar surface area (TPSA) is 65.2 Å². The largest absolute Gasteiger partial charge is 0.468 e. The first-order valence-electron chi connectivity index (χ1n) is 4.47. The van der Waals surface area contributed by atoms with Crippen molar-refractivity contribution in [1.29, 1.82) is 0 Å². The highest BCUT2D eigenvalue weighted by Crippen LogP contribution is 2.19. The zero-order valence-corrected chi connectivity index (χ0v) is 9.58. The van der Waals surface area contributed by atoms with Crippen LogP contribution in [0.5, 0.6) is 0 Å². The normalized spacial score (nSPS) is 14.3. The minimum absolute atomic E-state index is 0.411. The lowest BCUT2D eigenvalue weighted by Gasteiger charge is -2.20. The molecule has 15 heavy (non-hydrogen) atoms. The fourth-order valence-electron chi connectivity index (χ4n) is 0.948. The Labute approximate surface area is 93.2 Å². The molecule has 0 saturated heterocycles. The van der Waals surface area contributed by atoms with E-state index < -0.39 is 11.5 Å². The molecule has 0 saturated carbocycles. The minimum Gasteiger partial charge on any atom is -0.468 e. The van der Waals surface area contributed by atoms with Gasteiger partial charge in [-0.3, -0.25) is 4.79 Å². The molecule has 4 nitrogen and oxygen atoms in total. The molecular formula is C10H14N2O2S. The van der Waals surface area contributed by atoms with Crippen LogP contribution in [-0.4, -0.2) is 29.4 Å². The summed E-state index contributed by atoms with van der Waals surface area (Å²) in [5, 5.41) is 0.845. The molecule has 0 fully saturated rings. The number of methoxy groups -OCH3 is 1. The molecule has 0 aromatic carbocycles. The van der Waals surface area contributed by atoms with Gasteiger partial charge in [0.05, 0.1) is 12.1 Å². The van der Waals surface area contributed by atoms with Crippen LogP contribution in [0.3, 0.4) is 0 Å². The first-order valence-corrected chi connectivity index (χ1v) is 5.46. The van der Waals surface area contributed by atoms with E-state index in [1.54, 1.807) is 13.1 Å². The van der Waals surface area contributed by atoms with Gasteiger partial charge in [-0.15, -0.1) is 11.8 Å². The first-order chi connectivity index (χ1) is 7.06. The lowest BCUT2D eigenvalue weighted by molar-refractivity contribution is -0.145. The average molecular weight is 226 g/mol. The predicted molar refractivity (Wildman–Crippen MR) is 59.6 cm³/mol. The Hall–Kier alpha value is -1.07. The van der Waals surface area contributed by atoms with Crippen molar-refractivity contribution >= 4 is 17.7 Å². The Bertz CT molecular complexity index is 327. The molecule has 1 atom stereocenters. The smallest absolute Gasteiger partial charge is 0.326 e. The zero-order chi connectivity index (χ0) is 11.3. The number of hydrogen-bond donors (Lipinski definition) is 1. The van der Waals surface area contributed by atoms with Crippen LogP contribution in [0.15, 0.2) is 29.4 Å². The molecule has 0 amide bonds. The summed E-state index contributed by atoms with van der Waals surface area (Å²) in [6, 6.07) is 5.60. The van der Waals surface area contributed by atoms with Crippen molar-refractivity contribution in [3.05, 3.63) is 24.4 Å². The number of nitrogens with zero attached hydrogens (tertiary/aromatic N) is 1. The van der Waals surface area contributed by atoms with Crippen molar-refractivity contribution < 1.29 is 9.53 Å². The Morgan fingerprint density at radius 3 is 2.93 bits per heavy atom. The number of carbonyl (C=O) groups excluding carboxylic acids is 1. The van der Waals surface area contributed by atoms with Crippen molar-refractivity contribution in [2.75, 3.05) is 12.9 Å². The molecule has 0 aliphatic carbocycles. The molecule has 0 spiro atoms. The van der Waals surface area contributed by atoms with E-state index in [0.29, 0.717) is 5.75 Å². The Morgan fingerprint density at radius 1 is 1.67 bits per heavy atom. The summed E-state index contributed by atoms with van der Waals surface area (Å²) in [4.78, 5) is 15.4. The fraction of sp³-hybridized carbons (Fsp3) is 0.400. The highest BCUT2D eigenvalue weighted by atomic mass is 32.2. The summed E-state index contributed by atoms with van der Waals surface area (Å²) in [6.45, 7) is 1.65. The second-order valence-corrected chi connectivity index (χ2v) is 4.36. The first kappa shape index (κ1) is 12.0. The van der Waals surface area contributed by atoms with E-state index in [4.69, 9.17) is 5.73 Å². The molecule has 1 aromatic rings. The second kappa shape index (κ2) is 5.14. The molecule has 1 aromatic heterocycles. The predicted octanol–water partition coefficient (Wildman–Crippen LogP) is 1.06. The number of nitrogens with two attached hydrogens (primary N) is 1. The number of thioether (sulfide) groups is 1. The Morgan fingerprint density at radius 2 is 2.40 bits per heavy atom. The highest BCUT2D eigenvalue weighted by Gasteiger charge is 2.29. The monoisotopic (exact) mass is 226 g/mol. The number of pyridine rings is 1. The van der Waals surface area contributed by atoms with E-state index in [-0.39, 0.29) is 0 Å². The van der Waals surface area contributed by atoms with Crippen molar-refractivity contribution in [3.63, 3.8) is 0 Å². The Balaban J connectivity index is 2.53. The summed E-state index contributed by atoms with van der Waals surface area (Å²) in [5.41, 5.74) is 4.82. The van der Waals surface area contributed by atoms with Crippen LogP contribution in [0.2, 0.25) is 0 Å². The standard InChI is InChI=1S/C10H14N2O2S/c1-10(11,9(13)14-2)7-15-8-5-3-4-6-12-8/h3-6H,7,11H2,1-2H3. The molecule has 0 aliphatic rings. The lowest BCUT2D eigenvalue weighted by atomic mass is 10.1. The van der Waals surface area contributed by atoms with Gasteiger partial charge in [0.1, 0.15) is 5.54 Å². The summed E-state index contributed by atoms with van der Waals surface area (Å²) in [7, 11) is 1.33. The molecule has 0 radical (unpaired) electrons. The van der Waals surface area contributed by atoms with Crippen LogP contribution >= 0.6 is 11.8 Å². The maximum atomic E-state index is 11.3. The number of ether oxygens (including phenoxy) is 1. The molecule has 0 bridgehead atoms. The van der Waals surface area contributed by atoms with Crippen LogP contribution in [0, 0.1) is 0 Å². The van der Waals surface area contributed by atoms with Gasteiger partial charge in [0, 0.05) is 11.9 Å². The maximum Gasteiger partial charge on any atom is 0.326 e. The molecule has 1 unspecified atom stereocenters. The number of esters is 1. The fourth-order valence-corrected chi connectivity index (χ4v) is 1.82.